The summed E-state index contributed by atoms with van der Waals surface area (Å²) in [5.41, 5.74) is -0.481. The Hall–Kier alpha value is -0.890. The molecule has 102 valence electrons. The fourth-order valence-corrected chi connectivity index (χ4v) is 2.55. The van der Waals surface area contributed by atoms with Gasteiger partial charge in [0.15, 0.2) is 0 Å². The molecule has 1 aliphatic carbocycles. The van der Waals surface area contributed by atoms with Crippen molar-refractivity contribution in [3.8, 4) is 0 Å². The number of ether oxygens (including phenoxy) is 1. The molecule has 1 unspecified atom stereocenters. The molecule has 0 saturated carbocycles. The third-order valence-electron chi connectivity index (χ3n) is 3.79. The summed E-state index contributed by atoms with van der Waals surface area (Å²) in [5.74, 6) is -0.0522. The lowest BCUT2D eigenvalue weighted by Gasteiger charge is -2.29. The molecule has 0 fully saturated rings. The predicted molar refractivity (Wildman–Crippen MR) is 75.6 cm³/mol. The highest BCUT2D eigenvalue weighted by Crippen LogP contribution is 2.31. The Morgan fingerprint density at radius 2 is 1.72 bits per heavy atom. The minimum atomic E-state index is -0.481. The summed E-state index contributed by atoms with van der Waals surface area (Å²) in [6.45, 7) is 2.23. The highest BCUT2D eigenvalue weighted by molar-refractivity contribution is 5.59. The summed E-state index contributed by atoms with van der Waals surface area (Å²) in [5, 5.41) is 0. The van der Waals surface area contributed by atoms with Crippen LogP contribution < -0.4 is 0 Å². The van der Waals surface area contributed by atoms with E-state index in [2.05, 4.69) is 6.92 Å². The van der Waals surface area contributed by atoms with E-state index in [4.69, 9.17) is 4.74 Å². The van der Waals surface area contributed by atoms with Gasteiger partial charge in [0.05, 0.1) is 5.92 Å². The van der Waals surface area contributed by atoms with Crippen LogP contribution in [-0.2, 0) is 9.53 Å². The molecular formula is C16H26O2. The van der Waals surface area contributed by atoms with Gasteiger partial charge in [0, 0.05) is 7.11 Å². The quantitative estimate of drug-likeness (QED) is 0.431. The summed E-state index contributed by atoms with van der Waals surface area (Å²) in [7, 11) is 1.68. The van der Waals surface area contributed by atoms with Crippen molar-refractivity contribution >= 4 is 6.29 Å². The Bertz CT molecular complexity index is 279. The second-order valence-electron chi connectivity index (χ2n) is 5.07. The van der Waals surface area contributed by atoms with E-state index in [1.165, 1.54) is 32.1 Å². The van der Waals surface area contributed by atoms with Crippen molar-refractivity contribution in [2.24, 2.45) is 5.92 Å². The molecule has 2 nitrogen and oxygen atoms in total. The molecule has 0 N–H and O–H groups in total. The number of hydrogen-bond donors (Lipinski definition) is 0. The molecule has 0 heterocycles. The first-order valence-corrected chi connectivity index (χ1v) is 7.16. The Morgan fingerprint density at radius 3 is 2.28 bits per heavy atom. The molecule has 0 amide bonds. The van der Waals surface area contributed by atoms with Gasteiger partial charge >= 0.3 is 0 Å². The number of aldehydes is 1. The van der Waals surface area contributed by atoms with Crippen molar-refractivity contribution in [3.05, 3.63) is 24.3 Å². The summed E-state index contributed by atoms with van der Waals surface area (Å²) in [6, 6.07) is 0. The van der Waals surface area contributed by atoms with Gasteiger partial charge in [-0.05, 0) is 18.6 Å². The summed E-state index contributed by atoms with van der Waals surface area (Å²) < 4.78 is 5.54. The lowest BCUT2D eigenvalue weighted by atomic mass is 9.85. The molecule has 0 radical (unpaired) electrons. The Morgan fingerprint density at radius 1 is 1.11 bits per heavy atom. The fraction of sp³-hybridized carbons (Fsp3) is 0.688. The first-order chi connectivity index (χ1) is 8.79. The second-order valence-corrected chi connectivity index (χ2v) is 5.07. The predicted octanol–water partition coefficient (Wildman–Crippen LogP) is 4.06. The van der Waals surface area contributed by atoms with E-state index in [1.807, 2.05) is 24.3 Å². The van der Waals surface area contributed by atoms with Crippen LogP contribution in [0.3, 0.4) is 0 Å². The van der Waals surface area contributed by atoms with Crippen molar-refractivity contribution in [2.45, 2.75) is 57.5 Å². The van der Waals surface area contributed by atoms with Gasteiger partial charge in [-0.15, -0.1) is 0 Å². The van der Waals surface area contributed by atoms with Gasteiger partial charge in [0.2, 0.25) is 0 Å². The maximum absolute atomic E-state index is 11.3. The van der Waals surface area contributed by atoms with Crippen molar-refractivity contribution < 1.29 is 9.53 Å². The average Bonchev–Trinajstić information content (AvgIpc) is 2.88. The van der Waals surface area contributed by atoms with Crippen molar-refractivity contribution in [3.63, 3.8) is 0 Å². The van der Waals surface area contributed by atoms with E-state index in [-0.39, 0.29) is 5.92 Å². The standard InChI is InChI=1S/C16H26O2/c1-3-4-5-6-7-8-11-15(14-17)16(18-2)12-9-10-13-16/h9-10,12-15H,3-8,11H2,1-2H3. The van der Waals surface area contributed by atoms with Crippen LogP contribution >= 0.6 is 0 Å². The molecular weight excluding hydrogens is 224 g/mol. The van der Waals surface area contributed by atoms with Crippen LogP contribution in [0.15, 0.2) is 24.3 Å². The fourth-order valence-electron chi connectivity index (χ4n) is 2.55. The molecule has 0 aromatic heterocycles. The van der Waals surface area contributed by atoms with E-state index >= 15 is 0 Å². The number of carbonyl (C=O) groups is 1. The van der Waals surface area contributed by atoms with Crippen LogP contribution in [0.4, 0.5) is 0 Å². The molecule has 0 spiro atoms. The number of unbranched alkanes of at least 4 members (excludes halogenated alkanes) is 5. The zero-order chi connectivity index (χ0) is 13.3. The molecule has 1 atom stereocenters. The van der Waals surface area contributed by atoms with Gasteiger partial charge in [-0.1, -0.05) is 57.6 Å². The maximum atomic E-state index is 11.3. The summed E-state index contributed by atoms with van der Waals surface area (Å²) in [4.78, 5) is 11.3. The first kappa shape index (κ1) is 15.2. The van der Waals surface area contributed by atoms with Crippen molar-refractivity contribution in [1.82, 2.24) is 0 Å². The topological polar surface area (TPSA) is 26.3 Å². The Kier molecular flexibility index (Phi) is 6.96. The largest absolute Gasteiger partial charge is 0.369 e. The Labute approximate surface area is 111 Å². The molecule has 18 heavy (non-hydrogen) atoms. The summed E-state index contributed by atoms with van der Waals surface area (Å²) >= 11 is 0. The van der Waals surface area contributed by atoms with Crippen LogP contribution in [0.1, 0.15) is 51.9 Å². The van der Waals surface area contributed by atoms with Crippen LogP contribution in [0.2, 0.25) is 0 Å². The lowest BCUT2D eigenvalue weighted by molar-refractivity contribution is -0.117. The average molecular weight is 250 g/mol. The lowest BCUT2D eigenvalue weighted by Crippen LogP contribution is -2.36. The highest BCUT2D eigenvalue weighted by atomic mass is 16.5. The van der Waals surface area contributed by atoms with Gasteiger partial charge < -0.3 is 9.53 Å². The second kappa shape index (κ2) is 8.25. The van der Waals surface area contributed by atoms with E-state index in [0.717, 1.165) is 19.1 Å². The molecule has 1 aliphatic rings. The number of carbonyl (C=O) groups excluding carboxylic acids is 1. The minimum absolute atomic E-state index is 0.0522. The Balaban J connectivity index is 2.31. The number of allylic oxidation sites excluding steroid dienone is 2. The normalized spacial score (nSPS) is 18.1. The van der Waals surface area contributed by atoms with E-state index < -0.39 is 5.60 Å². The molecule has 0 bridgehead atoms. The van der Waals surface area contributed by atoms with Gasteiger partial charge in [-0.2, -0.15) is 0 Å². The van der Waals surface area contributed by atoms with Gasteiger partial charge in [0.25, 0.3) is 0 Å². The van der Waals surface area contributed by atoms with Gasteiger partial charge in [-0.3, -0.25) is 0 Å². The molecule has 0 aliphatic heterocycles. The van der Waals surface area contributed by atoms with Crippen molar-refractivity contribution in [2.75, 3.05) is 7.11 Å². The molecule has 2 heteroatoms. The number of rotatable bonds is 10. The van der Waals surface area contributed by atoms with Gasteiger partial charge in [0.1, 0.15) is 11.9 Å². The number of hydrogen-bond acceptors (Lipinski definition) is 2. The van der Waals surface area contributed by atoms with Crippen LogP contribution in [0, 0.1) is 5.92 Å². The minimum Gasteiger partial charge on any atom is -0.369 e. The molecule has 0 aromatic rings. The zero-order valence-corrected chi connectivity index (χ0v) is 11.7. The number of methoxy groups -OCH3 is 1. The SMILES string of the molecule is CCCCCCCCC(C=O)C1(OC)C=CC=C1. The third kappa shape index (κ3) is 4.09. The van der Waals surface area contributed by atoms with Crippen LogP contribution in [0.5, 0.6) is 0 Å². The monoisotopic (exact) mass is 250 g/mol. The van der Waals surface area contributed by atoms with E-state index in [1.54, 1.807) is 7.11 Å². The van der Waals surface area contributed by atoms with Crippen LogP contribution in [-0.4, -0.2) is 19.0 Å². The highest BCUT2D eigenvalue weighted by Gasteiger charge is 2.35. The molecule has 0 aromatic carbocycles. The third-order valence-corrected chi connectivity index (χ3v) is 3.79. The van der Waals surface area contributed by atoms with E-state index in [9.17, 15) is 4.79 Å². The zero-order valence-electron chi connectivity index (χ0n) is 11.7. The molecule has 0 saturated heterocycles. The van der Waals surface area contributed by atoms with Crippen molar-refractivity contribution in [1.29, 1.82) is 0 Å². The van der Waals surface area contributed by atoms with Crippen LogP contribution in [0.25, 0.3) is 0 Å². The summed E-state index contributed by atoms with van der Waals surface area (Å²) in [6.07, 6.45) is 17.4. The first-order valence-electron chi connectivity index (χ1n) is 7.16. The molecule has 1 rings (SSSR count). The maximum Gasteiger partial charge on any atom is 0.126 e. The van der Waals surface area contributed by atoms with Gasteiger partial charge in [-0.25, -0.2) is 0 Å². The van der Waals surface area contributed by atoms with E-state index in [0.29, 0.717) is 0 Å². The smallest absolute Gasteiger partial charge is 0.126 e.